The molecule has 0 aromatic heterocycles. The molecule has 3 heteroatoms. The third-order valence-corrected chi connectivity index (χ3v) is 2.36. The predicted molar refractivity (Wildman–Crippen MR) is 68.0 cm³/mol. The molecular weight excluding hydrogens is 206 g/mol. The maximum absolute atomic E-state index is 5.66. The van der Waals surface area contributed by atoms with E-state index in [1.165, 1.54) is 5.56 Å². The SMILES string of the molecule is Cc1ccccc1OCCCNCCS. The van der Waals surface area contributed by atoms with E-state index in [0.29, 0.717) is 0 Å². The first-order valence-electron chi connectivity index (χ1n) is 5.34. The van der Waals surface area contributed by atoms with Gasteiger partial charge < -0.3 is 10.1 Å². The van der Waals surface area contributed by atoms with E-state index in [-0.39, 0.29) is 0 Å². The molecule has 0 aliphatic rings. The van der Waals surface area contributed by atoms with Crippen LogP contribution >= 0.6 is 12.6 Å². The van der Waals surface area contributed by atoms with Crippen molar-refractivity contribution in [3.63, 3.8) is 0 Å². The molecule has 0 aliphatic carbocycles. The van der Waals surface area contributed by atoms with E-state index in [4.69, 9.17) is 4.74 Å². The van der Waals surface area contributed by atoms with Gasteiger partial charge in [-0.3, -0.25) is 0 Å². The maximum atomic E-state index is 5.66. The first-order valence-corrected chi connectivity index (χ1v) is 5.98. The van der Waals surface area contributed by atoms with Crippen molar-refractivity contribution in [3.05, 3.63) is 29.8 Å². The van der Waals surface area contributed by atoms with E-state index in [9.17, 15) is 0 Å². The Morgan fingerprint density at radius 3 is 2.80 bits per heavy atom. The number of hydrogen-bond donors (Lipinski definition) is 2. The standard InChI is InChI=1S/C12H19NOS/c1-11-5-2-3-6-12(11)14-9-4-7-13-8-10-15/h2-3,5-6,13,15H,4,7-10H2,1H3. The Labute approximate surface area is 97.4 Å². The van der Waals surface area contributed by atoms with Gasteiger partial charge in [0.25, 0.3) is 0 Å². The lowest BCUT2D eigenvalue weighted by atomic mass is 10.2. The second kappa shape index (κ2) is 7.60. The van der Waals surface area contributed by atoms with Crippen LogP contribution in [0.4, 0.5) is 0 Å². The molecule has 84 valence electrons. The molecule has 0 saturated carbocycles. The zero-order chi connectivity index (χ0) is 10.9. The molecule has 0 saturated heterocycles. The van der Waals surface area contributed by atoms with Gasteiger partial charge in [0.15, 0.2) is 0 Å². The molecule has 0 unspecified atom stereocenters. The van der Waals surface area contributed by atoms with Gasteiger partial charge in [-0.2, -0.15) is 12.6 Å². The number of nitrogens with one attached hydrogen (secondary N) is 1. The minimum atomic E-state index is 0.768. The highest BCUT2D eigenvalue weighted by Crippen LogP contribution is 2.15. The summed E-state index contributed by atoms with van der Waals surface area (Å²) in [6, 6.07) is 8.10. The van der Waals surface area contributed by atoms with Crippen LogP contribution in [-0.2, 0) is 0 Å². The van der Waals surface area contributed by atoms with Gasteiger partial charge in [-0.1, -0.05) is 18.2 Å². The highest BCUT2D eigenvalue weighted by molar-refractivity contribution is 7.80. The number of thiol groups is 1. The molecule has 2 nitrogen and oxygen atoms in total. The lowest BCUT2D eigenvalue weighted by Crippen LogP contribution is -2.19. The zero-order valence-corrected chi connectivity index (χ0v) is 10.1. The summed E-state index contributed by atoms with van der Waals surface area (Å²) in [7, 11) is 0. The van der Waals surface area contributed by atoms with Gasteiger partial charge in [-0.15, -0.1) is 0 Å². The molecule has 0 spiro atoms. The van der Waals surface area contributed by atoms with E-state index in [2.05, 4.69) is 30.9 Å². The topological polar surface area (TPSA) is 21.3 Å². The summed E-state index contributed by atoms with van der Waals surface area (Å²) in [6.45, 7) is 4.79. The third-order valence-electron chi connectivity index (χ3n) is 2.14. The van der Waals surface area contributed by atoms with Gasteiger partial charge in [0.05, 0.1) is 6.61 Å². The van der Waals surface area contributed by atoms with Crippen LogP contribution in [0.5, 0.6) is 5.75 Å². The van der Waals surface area contributed by atoms with Crippen molar-refractivity contribution in [2.75, 3.05) is 25.4 Å². The van der Waals surface area contributed by atoms with Crippen LogP contribution in [-0.4, -0.2) is 25.4 Å². The summed E-state index contributed by atoms with van der Waals surface area (Å²) in [4.78, 5) is 0. The Hall–Kier alpha value is -0.670. The molecule has 0 heterocycles. The highest BCUT2D eigenvalue weighted by Gasteiger charge is 1.96. The van der Waals surface area contributed by atoms with Crippen LogP contribution in [0.2, 0.25) is 0 Å². The van der Waals surface area contributed by atoms with Crippen molar-refractivity contribution < 1.29 is 4.74 Å². The monoisotopic (exact) mass is 225 g/mol. The number of benzene rings is 1. The van der Waals surface area contributed by atoms with E-state index in [1.54, 1.807) is 0 Å². The van der Waals surface area contributed by atoms with Gasteiger partial charge >= 0.3 is 0 Å². The zero-order valence-electron chi connectivity index (χ0n) is 9.20. The average molecular weight is 225 g/mol. The number of ether oxygens (including phenoxy) is 1. The second-order valence-corrected chi connectivity index (χ2v) is 3.89. The summed E-state index contributed by atoms with van der Waals surface area (Å²) in [5, 5.41) is 3.28. The third kappa shape index (κ3) is 5.09. The van der Waals surface area contributed by atoms with E-state index < -0.39 is 0 Å². The van der Waals surface area contributed by atoms with Crippen molar-refractivity contribution in [1.82, 2.24) is 5.32 Å². The molecule has 1 rings (SSSR count). The molecule has 0 bridgehead atoms. The van der Waals surface area contributed by atoms with Crippen LogP contribution in [0.1, 0.15) is 12.0 Å². The Kier molecular flexibility index (Phi) is 6.28. The number of para-hydroxylation sites is 1. The van der Waals surface area contributed by atoms with Crippen molar-refractivity contribution in [3.8, 4) is 5.75 Å². The van der Waals surface area contributed by atoms with Crippen molar-refractivity contribution in [1.29, 1.82) is 0 Å². The minimum Gasteiger partial charge on any atom is -0.493 e. The van der Waals surface area contributed by atoms with Crippen molar-refractivity contribution >= 4 is 12.6 Å². The summed E-state index contributed by atoms with van der Waals surface area (Å²) >= 11 is 4.12. The Morgan fingerprint density at radius 1 is 1.27 bits per heavy atom. The fourth-order valence-electron chi connectivity index (χ4n) is 1.30. The predicted octanol–water partition coefficient (Wildman–Crippen LogP) is 2.28. The smallest absolute Gasteiger partial charge is 0.122 e. The van der Waals surface area contributed by atoms with Crippen LogP contribution < -0.4 is 10.1 Å². The molecule has 0 amide bonds. The minimum absolute atomic E-state index is 0.768. The molecule has 0 radical (unpaired) electrons. The van der Waals surface area contributed by atoms with Crippen LogP contribution in [0, 0.1) is 6.92 Å². The Morgan fingerprint density at radius 2 is 2.07 bits per heavy atom. The van der Waals surface area contributed by atoms with Gasteiger partial charge in [-0.25, -0.2) is 0 Å². The first-order chi connectivity index (χ1) is 7.34. The molecule has 0 atom stereocenters. The normalized spacial score (nSPS) is 10.3. The van der Waals surface area contributed by atoms with Crippen molar-refractivity contribution in [2.45, 2.75) is 13.3 Å². The van der Waals surface area contributed by atoms with Crippen LogP contribution in [0.3, 0.4) is 0 Å². The second-order valence-electron chi connectivity index (χ2n) is 3.44. The fourth-order valence-corrected chi connectivity index (χ4v) is 1.46. The number of rotatable bonds is 7. The summed E-state index contributed by atoms with van der Waals surface area (Å²) < 4.78 is 5.66. The first kappa shape index (κ1) is 12.4. The molecule has 0 aliphatic heterocycles. The highest BCUT2D eigenvalue weighted by atomic mass is 32.1. The molecule has 1 aromatic carbocycles. The molecule has 15 heavy (non-hydrogen) atoms. The largest absolute Gasteiger partial charge is 0.493 e. The average Bonchev–Trinajstić information content (AvgIpc) is 2.25. The Balaban J connectivity index is 2.12. The number of hydrogen-bond acceptors (Lipinski definition) is 3. The Bertz CT molecular complexity index is 278. The van der Waals surface area contributed by atoms with Gasteiger partial charge in [0.2, 0.25) is 0 Å². The summed E-state index contributed by atoms with van der Waals surface area (Å²) in [5.41, 5.74) is 1.20. The number of aryl methyl sites for hydroxylation is 1. The molecule has 1 N–H and O–H groups in total. The lowest BCUT2D eigenvalue weighted by molar-refractivity contribution is 0.307. The van der Waals surface area contributed by atoms with Gasteiger partial charge in [0.1, 0.15) is 5.75 Å². The van der Waals surface area contributed by atoms with E-state index >= 15 is 0 Å². The van der Waals surface area contributed by atoms with Crippen molar-refractivity contribution in [2.24, 2.45) is 0 Å². The summed E-state index contributed by atoms with van der Waals surface area (Å²) in [5.74, 6) is 1.88. The van der Waals surface area contributed by atoms with Crippen LogP contribution in [0.25, 0.3) is 0 Å². The van der Waals surface area contributed by atoms with Gasteiger partial charge in [0, 0.05) is 12.3 Å². The lowest BCUT2D eigenvalue weighted by Gasteiger charge is -2.08. The molecule has 0 fully saturated rings. The fraction of sp³-hybridized carbons (Fsp3) is 0.500. The quantitative estimate of drug-likeness (QED) is 0.549. The van der Waals surface area contributed by atoms with E-state index in [1.807, 2.05) is 18.2 Å². The maximum Gasteiger partial charge on any atom is 0.122 e. The molecular formula is C12H19NOS. The van der Waals surface area contributed by atoms with Gasteiger partial charge in [-0.05, 0) is 31.5 Å². The van der Waals surface area contributed by atoms with E-state index in [0.717, 1.165) is 37.6 Å². The molecule has 1 aromatic rings. The van der Waals surface area contributed by atoms with Crippen LogP contribution in [0.15, 0.2) is 24.3 Å². The summed E-state index contributed by atoms with van der Waals surface area (Å²) in [6.07, 6.45) is 1.03.